The van der Waals surface area contributed by atoms with Gasteiger partial charge in [0.05, 0.1) is 5.41 Å². The van der Waals surface area contributed by atoms with Crippen LogP contribution >= 0.6 is 0 Å². The number of hydrogen-bond donors (Lipinski definition) is 0. The summed E-state index contributed by atoms with van der Waals surface area (Å²) in [4.78, 5) is 0. The number of rotatable bonds is 2. The fourth-order valence-corrected chi connectivity index (χ4v) is 9.98. The zero-order chi connectivity index (χ0) is 38.1. The van der Waals surface area contributed by atoms with Crippen molar-refractivity contribution in [1.82, 2.24) is 0 Å². The number of ether oxygens (including phenoxy) is 1. The average Bonchev–Trinajstić information content (AvgIpc) is 3.67. The highest BCUT2D eigenvalue weighted by atomic mass is 16.5. The Labute approximate surface area is 330 Å². The van der Waals surface area contributed by atoms with E-state index in [0.29, 0.717) is 0 Å². The average molecular weight is 721 g/mol. The predicted molar refractivity (Wildman–Crippen MR) is 234 cm³/mol. The summed E-state index contributed by atoms with van der Waals surface area (Å²) in [6, 6.07) is 59.4. The van der Waals surface area contributed by atoms with Crippen molar-refractivity contribution in [3.8, 4) is 67.1 Å². The summed E-state index contributed by atoms with van der Waals surface area (Å²) < 4.78 is 6.75. The van der Waals surface area contributed by atoms with Crippen molar-refractivity contribution in [2.45, 2.75) is 57.8 Å². The third-order valence-electron chi connectivity index (χ3n) is 12.8. The van der Waals surface area contributed by atoms with Gasteiger partial charge in [-0.1, -0.05) is 175 Å². The fraction of sp³-hybridized carbons (Fsp3) is 0.164. The third-order valence-corrected chi connectivity index (χ3v) is 12.8. The van der Waals surface area contributed by atoms with Gasteiger partial charge in [0.25, 0.3) is 0 Å². The Morgan fingerprint density at radius 1 is 0.357 bits per heavy atom. The van der Waals surface area contributed by atoms with E-state index < -0.39 is 5.41 Å². The van der Waals surface area contributed by atoms with E-state index in [1.54, 1.807) is 0 Å². The van der Waals surface area contributed by atoms with Gasteiger partial charge in [-0.15, -0.1) is 0 Å². The molecule has 0 aromatic heterocycles. The number of fused-ring (bicyclic) bond motifs is 12. The molecule has 8 aromatic carbocycles. The van der Waals surface area contributed by atoms with E-state index >= 15 is 0 Å². The van der Waals surface area contributed by atoms with Crippen LogP contribution in [0, 0.1) is 0 Å². The summed E-state index contributed by atoms with van der Waals surface area (Å²) in [6.45, 7) is 14.0. The molecule has 0 atom stereocenters. The van der Waals surface area contributed by atoms with Crippen LogP contribution in [0.4, 0.5) is 0 Å². The van der Waals surface area contributed by atoms with Gasteiger partial charge in [0.1, 0.15) is 11.5 Å². The molecule has 0 saturated carbocycles. The molecule has 0 unspecified atom stereocenters. The highest BCUT2D eigenvalue weighted by Crippen LogP contribution is 2.64. The molecule has 2 aliphatic carbocycles. The molecule has 0 bridgehead atoms. The van der Waals surface area contributed by atoms with Crippen LogP contribution in [0.15, 0.2) is 158 Å². The Morgan fingerprint density at radius 2 is 0.911 bits per heavy atom. The van der Waals surface area contributed by atoms with Crippen LogP contribution < -0.4 is 4.74 Å². The van der Waals surface area contributed by atoms with Crippen LogP contribution in [-0.4, -0.2) is 0 Å². The Morgan fingerprint density at radius 3 is 1.61 bits per heavy atom. The zero-order valence-electron chi connectivity index (χ0n) is 32.9. The minimum Gasteiger partial charge on any atom is -0.456 e. The molecule has 0 N–H and O–H groups in total. The monoisotopic (exact) mass is 720 g/mol. The summed E-state index contributed by atoms with van der Waals surface area (Å²) >= 11 is 0. The highest BCUT2D eigenvalue weighted by molar-refractivity contribution is 6.10. The van der Waals surface area contributed by atoms with Crippen molar-refractivity contribution in [3.63, 3.8) is 0 Å². The molecule has 11 rings (SSSR count). The molecule has 1 heterocycles. The third kappa shape index (κ3) is 4.55. The van der Waals surface area contributed by atoms with E-state index in [0.717, 1.165) is 22.6 Å². The van der Waals surface area contributed by atoms with Crippen molar-refractivity contribution in [2.75, 3.05) is 0 Å². The molecule has 1 spiro atoms. The quantitative estimate of drug-likeness (QED) is 0.173. The molecular weight excluding hydrogens is 677 g/mol. The van der Waals surface area contributed by atoms with Gasteiger partial charge >= 0.3 is 0 Å². The lowest BCUT2D eigenvalue weighted by atomic mass is 9.68. The van der Waals surface area contributed by atoms with E-state index in [1.807, 2.05) is 0 Å². The molecule has 0 radical (unpaired) electrons. The van der Waals surface area contributed by atoms with Gasteiger partial charge in [0, 0.05) is 10.9 Å². The molecule has 1 nitrogen and oxygen atoms in total. The van der Waals surface area contributed by atoms with Crippen molar-refractivity contribution < 1.29 is 4.74 Å². The van der Waals surface area contributed by atoms with Gasteiger partial charge in [0.15, 0.2) is 0 Å². The maximum absolute atomic E-state index is 6.75. The number of hydrogen-bond acceptors (Lipinski definition) is 1. The number of benzene rings is 8. The molecule has 1 aliphatic heterocycles. The second-order valence-corrected chi connectivity index (χ2v) is 18.1. The zero-order valence-corrected chi connectivity index (χ0v) is 32.9. The smallest absolute Gasteiger partial charge is 0.135 e. The lowest BCUT2D eigenvalue weighted by molar-refractivity contribution is 0.487. The van der Waals surface area contributed by atoms with Crippen molar-refractivity contribution in [1.29, 1.82) is 0 Å². The van der Waals surface area contributed by atoms with Crippen molar-refractivity contribution in [3.05, 3.63) is 191 Å². The molecule has 0 fully saturated rings. The maximum Gasteiger partial charge on any atom is 0.135 e. The van der Waals surface area contributed by atoms with E-state index in [9.17, 15) is 0 Å². The first kappa shape index (κ1) is 33.2. The largest absolute Gasteiger partial charge is 0.456 e. The molecular formula is C55H44O. The summed E-state index contributed by atoms with van der Waals surface area (Å²) in [6.07, 6.45) is 0. The predicted octanol–water partition coefficient (Wildman–Crippen LogP) is 14.9. The molecule has 0 saturated heterocycles. The minimum absolute atomic E-state index is 0.0114. The minimum atomic E-state index is -0.444. The van der Waals surface area contributed by atoms with Gasteiger partial charge in [-0.2, -0.15) is 0 Å². The van der Waals surface area contributed by atoms with Crippen LogP contribution in [0.3, 0.4) is 0 Å². The molecule has 3 aliphatic rings. The normalized spacial score (nSPS) is 14.2. The Bertz CT molecular complexity index is 2880. The van der Waals surface area contributed by atoms with Crippen LogP contribution in [-0.2, 0) is 16.2 Å². The van der Waals surface area contributed by atoms with Crippen LogP contribution in [0.5, 0.6) is 11.5 Å². The van der Waals surface area contributed by atoms with Gasteiger partial charge in [-0.25, -0.2) is 0 Å². The summed E-state index contributed by atoms with van der Waals surface area (Å²) in [5.74, 6) is 1.81. The SMILES string of the molecule is CC(C)(C)c1ccc2c(c1)C1(c3ccccc3-c3ccc(-c4ccc5c6c(cccc46)-c4ccc(-c6ccccc6)cc4O5)cc31)c1cc(C(C)(C)C)ccc1-2. The second kappa shape index (κ2) is 11.4. The van der Waals surface area contributed by atoms with Crippen LogP contribution in [0.25, 0.3) is 66.4 Å². The van der Waals surface area contributed by atoms with E-state index in [4.69, 9.17) is 4.74 Å². The lowest BCUT2D eigenvalue weighted by Gasteiger charge is -2.33. The summed E-state index contributed by atoms with van der Waals surface area (Å²) in [5.41, 5.74) is 20.3. The van der Waals surface area contributed by atoms with E-state index in [1.165, 1.54) is 88.7 Å². The lowest BCUT2D eigenvalue weighted by Crippen LogP contribution is -2.27. The van der Waals surface area contributed by atoms with Crippen LogP contribution in [0.1, 0.15) is 74.9 Å². The fourth-order valence-electron chi connectivity index (χ4n) is 9.98. The van der Waals surface area contributed by atoms with Gasteiger partial charge in [-0.05, 0) is 124 Å². The Hall–Kier alpha value is -6.18. The second-order valence-electron chi connectivity index (χ2n) is 18.1. The van der Waals surface area contributed by atoms with E-state index in [-0.39, 0.29) is 10.8 Å². The summed E-state index contributed by atoms with van der Waals surface area (Å²) in [5, 5.41) is 2.38. The van der Waals surface area contributed by atoms with Crippen molar-refractivity contribution in [2.24, 2.45) is 0 Å². The van der Waals surface area contributed by atoms with E-state index in [2.05, 4.69) is 199 Å². The van der Waals surface area contributed by atoms with Gasteiger partial charge in [0.2, 0.25) is 0 Å². The molecule has 8 aromatic rings. The molecule has 0 amide bonds. The standard InChI is InChI=1S/C55H44O/c1-53(2,3)36-21-25-41-42-26-22-37(54(4,5)6)32-49(42)55(48(41)31-36)46-18-11-10-15-39(46)40-23-20-35(29-47(40)55)38-27-28-50-52-44(38)16-12-17-45(52)43-24-19-34(30-51(43)56-50)33-13-8-7-9-14-33/h7-32H,1-6H3. The van der Waals surface area contributed by atoms with Gasteiger partial charge < -0.3 is 4.74 Å². The first-order chi connectivity index (χ1) is 27.0. The maximum atomic E-state index is 6.75. The Balaban J connectivity index is 1.15. The van der Waals surface area contributed by atoms with Gasteiger partial charge in [-0.3, -0.25) is 0 Å². The first-order valence-corrected chi connectivity index (χ1v) is 20.0. The highest BCUT2D eigenvalue weighted by Gasteiger charge is 2.52. The molecule has 270 valence electrons. The Kier molecular flexibility index (Phi) is 6.77. The van der Waals surface area contributed by atoms with Crippen molar-refractivity contribution >= 4 is 10.8 Å². The van der Waals surface area contributed by atoms with Crippen LogP contribution in [0.2, 0.25) is 0 Å². The molecule has 56 heavy (non-hydrogen) atoms. The summed E-state index contributed by atoms with van der Waals surface area (Å²) in [7, 11) is 0. The topological polar surface area (TPSA) is 9.23 Å². The first-order valence-electron chi connectivity index (χ1n) is 20.0. The molecule has 1 heteroatoms.